The number of rotatable bonds is 8. The molecule has 0 unspecified atom stereocenters. The molecule has 2 aromatic rings. The normalized spacial score (nSPS) is 15.1. The van der Waals surface area contributed by atoms with Gasteiger partial charge >= 0.3 is 6.03 Å². The van der Waals surface area contributed by atoms with E-state index in [1.165, 1.54) is 5.56 Å². The third kappa shape index (κ3) is 5.97. The molecule has 0 atom stereocenters. The molecule has 0 aliphatic carbocycles. The molecule has 5 nitrogen and oxygen atoms in total. The van der Waals surface area contributed by atoms with Crippen LogP contribution in [0.2, 0.25) is 0 Å². The summed E-state index contributed by atoms with van der Waals surface area (Å²) in [6.07, 6.45) is 4.11. The molecule has 29 heavy (non-hydrogen) atoms. The molecule has 2 aromatic carbocycles. The van der Waals surface area contributed by atoms with Crippen LogP contribution in [-0.2, 0) is 6.54 Å². The molecule has 0 radical (unpaired) electrons. The first-order chi connectivity index (χ1) is 14.2. The second kappa shape index (κ2) is 10.9. The topological polar surface area (TPSA) is 44.8 Å². The van der Waals surface area contributed by atoms with Crippen LogP contribution in [0, 0.1) is 0 Å². The van der Waals surface area contributed by atoms with Crippen LogP contribution in [0.25, 0.3) is 0 Å². The van der Waals surface area contributed by atoms with Crippen molar-refractivity contribution in [3.05, 3.63) is 60.2 Å². The zero-order valence-corrected chi connectivity index (χ0v) is 17.6. The van der Waals surface area contributed by atoms with Crippen LogP contribution < -0.4 is 10.1 Å². The first-order valence-corrected chi connectivity index (χ1v) is 10.7. The van der Waals surface area contributed by atoms with E-state index in [0.29, 0.717) is 5.75 Å². The van der Waals surface area contributed by atoms with Gasteiger partial charge in [-0.2, -0.15) is 0 Å². The Morgan fingerprint density at radius 1 is 1.10 bits per heavy atom. The summed E-state index contributed by atoms with van der Waals surface area (Å²) < 4.78 is 5.38. The highest BCUT2D eigenvalue weighted by Gasteiger charge is 2.28. The van der Waals surface area contributed by atoms with Gasteiger partial charge in [0.05, 0.1) is 12.8 Å². The van der Waals surface area contributed by atoms with Gasteiger partial charge in [-0.05, 0) is 37.0 Å². The minimum Gasteiger partial charge on any atom is -0.495 e. The Morgan fingerprint density at radius 3 is 2.48 bits per heavy atom. The van der Waals surface area contributed by atoms with Crippen LogP contribution in [0.5, 0.6) is 5.75 Å². The number of methoxy groups -OCH3 is 1. The highest BCUT2D eigenvalue weighted by atomic mass is 16.5. The SMILES string of the molecule is CCCCN(C(=O)Nc1ccccc1OC)C1CCN(Cc2ccccc2)CC1. The van der Waals surface area contributed by atoms with Crippen molar-refractivity contribution in [3.63, 3.8) is 0 Å². The van der Waals surface area contributed by atoms with E-state index in [0.717, 1.165) is 57.5 Å². The zero-order chi connectivity index (χ0) is 20.5. The number of ether oxygens (including phenoxy) is 1. The summed E-state index contributed by atoms with van der Waals surface area (Å²) in [6.45, 7) is 5.98. The number of urea groups is 1. The van der Waals surface area contributed by atoms with E-state index in [9.17, 15) is 4.79 Å². The van der Waals surface area contributed by atoms with Crippen LogP contribution in [-0.4, -0.2) is 48.6 Å². The number of nitrogens with one attached hydrogen (secondary N) is 1. The Labute approximate surface area is 174 Å². The fraction of sp³-hybridized carbons (Fsp3) is 0.458. The van der Waals surface area contributed by atoms with Crippen molar-refractivity contribution in [1.82, 2.24) is 9.80 Å². The molecule has 1 fully saturated rings. The molecule has 1 saturated heterocycles. The molecule has 1 aliphatic heterocycles. The number of likely N-dealkylation sites (tertiary alicyclic amines) is 1. The number of carbonyl (C=O) groups is 1. The molecule has 3 rings (SSSR count). The lowest BCUT2D eigenvalue weighted by Crippen LogP contribution is -2.49. The van der Waals surface area contributed by atoms with E-state index in [-0.39, 0.29) is 12.1 Å². The van der Waals surface area contributed by atoms with Crippen molar-refractivity contribution in [2.75, 3.05) is 32.1 Å². The molecule has 0 spiro atoms. The van der Waals surface area contributed by atoms with E-state index in [1.807, 2.05) is 29.2 Å². The van der Waals surface area contributed by atoms with Crippen LogP contribution >= 0.6 is 0 Å². The Morgan fingerprint density at radius 2 is 1.79 bits per heavy atom. The Kier molecular flexibility index (Phi) is 7.94. The maximum absolute atomic E-state index is 13.1. The molecule has 1 N–H and O–H groups in total. The molecule has 0 bridgehead atoms. The van der Waals surface area contributed by atoms with E-state index in [2.05, 4.69) is 47.5 Å². The van der Waals surface area contributed by atoms with Crippen LogP contribution in [0.3, 0.4) is 0 Å². The lowest BCUT2D eigenvalue weighted by atomic mass is 10.0. The van der Waals surface area contributed by atoms with E-state index < -0.39 is 0 Å². The van der Waals surface area contributed by atoms with Gasteiger partial charge in [0.2, 0.25) is 0 Å². The molecule has 1 aliphatic rings. The first kappa shape index (κ1) is 21.2. The number of hydrogen-bond donors (Lipinski definition) is 1. The van der Waals surface area contributed by atoms with Crippen molar-refractivity contribution in [3.8, 4) is 5.75 Å². The van der Waals surface area contributed by atoms with Gasteiger partial charge in [0.1, 0.15) is 5.75 Å². The van der Waals surface area contributed by atoms with Gasteiger partial charge in [0.15, 0.2) is 0 Å². The molecular weight excluding hydrogens is 362 g/mol. The summed E-state index contributed by atoms with van der Waals surface area (Å²) >= 11 is 0. The highest BCUT2D eigenvalue weighted by molar-refractivity contribution is 5.91. The number of amides is 2. The van der Waals surface area contributed by atoms with Crippen LogP contribution in [0.1, 0.15) is 38.2 Å². The van der Waals surface area contributed by atoms with Crippen molar-refractivity contribution in [1.29, 1.82) is 0 Å². The second-order valence-electron chi connectivity index (χ2n) is 7.67. The maximum Gasteiger partial charge on any atom is 0.322 e. The largest absolute Gasteiger partial charge is 0.495 e. The lowest BCUT2D eigenvalue weighted by molar-refractivity contribution is 0.122. The van der Waals surface area contributed by atoms with E-state index >= 15 is 0 Å². The maximum atomic E-state index is 13.1. The third-order valence-corrected chi connectivity index (χ3v) is 5.61. The highest BCUT2D eigenvalue weighted by Crippen LogP contribution is 2.25. The van der Waals surface area contributed by atoms with Crippen molar-refractivity contribution in [2.24, 2.45) is 0 Å². The molecule has 1 heterocycles. The van der Waals surface area contributed by atoms with E-state index in [4.69, 9.17) is 4.74 Å². The summed E-state index contributed by atoms with van der Waals surface area (Å²) in [4.78, 5) is 17.6. The number of hydrogen-bond acceptors (Lipinski definition) is 3. The molecule has 156 valence electrons. The molecule has 0 saturated carbocycles. The van der Waals surface area contributed by atoms with Gasteiger partial charge in [-0.1, -0.05) is 55.8 Å². The predicted octanol–water partition coefficient (Wildman–Crippen LogP) is 4.99. The number of benzene rings is 2. The number of unbranched alkanes of at least 4 members (excludes halogenated alkanes) is 1. The zero-order valence-electron chi connectivity index (χ0n) is 17.6. The molecule has 2 amide bonds. The summed E-state index contributed by atoms with van der Waals surface area (Å²) in [6, 6.07) is 18.4. The van der Waals surface area contributed by atoms with Gasteiger partial charge in [-0.15, -0.1) is 0 Å². The fourth-order valence-electron chi connectivity index (χ4n) is 3.94. The summed E-state index contributed by atoms with van der Waals surface area (Å²) in [7, 11) is 1.63. The smallest absolute Gasteiger partial charge is 0.322 e. The number of piperidine rings is 1. The van der Waals surface area contributed by atoms with Gasteiger partial charge < -0.3 is 15.0 Å². The van der Waals surface area contributed by atoms with E-state index in [1.54, 1.807) is 7.11 Å². The first-order valence-electron chi connectivity index (χ1n) is 10.7. The van der Waals surface area contributed by atoms with Gasteiger partial charge in [-0.25, -0.2) is 4.79 Å². The monoisotopic (exact) mass is 395 g/mol. The molecular formula is C24H33N3O2. The second-order valence-corrected chi connectivity index (χ2v) is 7.67. The summed E-state index contributed by atoms with van der Waals surface area (Å²) in [5, 5.41) is 3.07. The van der Waals surface area contributed by atoms with Crippen molar-refractivity contribution < 1.29 is 9.53 Å². The van der Waals surface area contributed by atoms with Gasteiger partial charge in [0.25, 0.3) is 0 Å². The van der Waals surface area contributed by atoms with Crippen LogP contribution in [0.4, 0.5) is 10.5 Å². The van der Waals surface area contributed by atoms with Crippen LogP contribution in [0.15, 0.2) is 54.6 Å². The average Bonchev–Trinajstić information content (AvgIpc) is 2.76. The number of anilines is 1. The lowest BCUT2D eigenvalue weighted by Gasteiger charge is -2.38. The van der Waals surface area contributed by atoms with Gasteiger partial charge in [0, 0.05) is 32.2 Å². The average molecular weight is 396 g/mol. The Bertz CT molecular complexity index is 758. The quantitative estimate of drug-likeness (QED) is 0.684. The standard InChI is InChI=1S/C24H33N3O2/c1-3-4-16-27(24(28)25-22-12-8-9-13-23(22)29-2)21-14-17-26(18-15-21)19-20-10-6-5-7-11-20/h5-13,21H,3-4,14-19H2,1-2H3,(H,25,28). The molecule has 0 aromatic heterocycles. The Hall–Kier alpha value is -2.53. The van der Waals surface area contributed by atoms with Crippen molar-refractivity contribution >= 4 is 11.7 Å². The number of para-hydroxylation sites is 2. The number of carbonyl (C=O) groups excluding carboxylic acids is 1. The predicted molar refractivity (Wildman–Crippen MR) is 118 cm³/mol. The summed E-state index contributed by atoms with van der Waals surface area (Å²) in [5.74, 6) is 0.689. The summed E-state index contributed by atoms with van der Waals surface area (Å²) in [5.41, 5.74) is 2.07. The molecule has 5 heteroatoms. The minimum atomic E-state index is -0.0236. The minimum absolute atomic E-state index is 0.0236. The third-order valence-electron chi connectivity index (χ3n) is 5.61. The fourth-order valence-corrected chi connectivity index (χ4v) is 3.94. The number of nitrogens with zero attached hydrogens (tertiary/aromatic N) is 2. The van der Waals surface area contributed by atoms with Gasteiger partial charge in [-0.3, -0.25) is 4.90 Å². The Balaban J connectivity index is 1.60. The van der Waals surface area contributed by atoms with Crippen molar-refractivity contribution in [2.45, 2.75) is 45.2 Å².